The Bertz CT molecular complexity index is 531. The van der Waals surface area contributed by atoms with Crippen LogP contribution < -0.4 is 10.2 Å². The van der Waals surface area contributed by atoms with Crippen molar-refractivity contribution in [3.05, 3.63) is 24.3 Å². The summed E-state index contributed by atoms with van der Waals surface area (Å²) in [6, 6.07) is 8.08. The van der Waals surface area contributed by atoms with Gasteiger partial charge < -0.3 is 14.0 Å². The molecule has 0 aromatic heterocycles. The van der Waals surface area contributed by atoms with Crippen LogP contribution in [0.1, 0.15) is 40.5 Å². The summed E-state index contributed by atoms with van der Waals surface area (Å²) in [5.41, 5.74) is 0.386. The Morgan fingerprint density at radius 1 is 1.08 bits per heavy atom. The molecule has 3 rings (SSSR count). The third-order valence-corrected chi connectivity index (χ3v) is 5.26. The zero-order valence-electron chi connectivity index (χ0n) is 15.2. The van der Waals surface area contributed by atoms with Gasteiger partial charge in [-0.1, -0.05) is 12.1 Å². The maximum absolute atomic E-state index is 6.10. The van der Waals surface area contributed by atoms with Crippen LogP contribution in [0.3, 0.4) is 0 Å². The van der Waals surface area contributed by atoms with Crippen molar-refractivity contribution in [1.29, 1.82) is 0 Å². The Morgan fingerprint density at radius 2 is 1.71 bits per heavy atom. The molecule has 2 fully saturated rings. The van der Waals surface area contributed by atoms with Crippen molar-refractivity contribution in [1.82, 2.24) is 4.90 Å². The monoisotopic (exact) mass is 353 g/mol. The maximum atomic E-state index is 6.10. The lowest BCUT2D eigenvalue weighted by Gasteiger charge is -2.32. The van der Waals surface area contributed by atoms with Crippen LogP contribution >= 0.6 is 12.4 Å². The fourth-order valence-electron chi connectivity index (χ4n) is 3.03. The van der Waals surface area contributed by atoms with E-state index in [2.05, 4.69) is 32.6 Å². The Morgan fingerprint density at radius 3 is 2.33 bits per heavy atom. The lowest BCUT2D eigenvalue weighted by molar-refractivity contribution is 0.00578. The highest BCUT2D eigenvalue weighted by Gasteiger charge is 2.51. The van der Waals surface area contributed by atoms with Crippen molar-refractivity contribution in [3.8, 4) is 5.75 Å². The van der Waals surface area contributed by atoms with Crippen molar-refractivity contribution in [2.24, 2.45) is 0 Å². The molecule has 24 heavy (non-hydrogen) atoms. The van der Waals surface area contributed by atoms with E-state index in [9.17, 15) is 0 Å². The van der Waals surface area contributed by atoms with Crippen LogP contribution in [0.2, 0.25) is 0 Å². The van der Waals surface area contributed by atoms with Gasteiger partial charge in [-0.05, 0) is 71.2 Å². The molecule has 2 saturated heterocycles. The molecule has 0 radical (unpaired) electrons. The predicted molar refractivity (Wildman–Crippen MR) is 101 cm³/mol. The number of rotatable bonds is 5. The molecule has 0 N–H and O–H groups in total. The highest BCUT2D eigenvalue weighted by molar-refractivity contribution is 6.62. The van der Waals surface area contributed by atoms with Crippen LogP contribution in [-0.2, 0) is 9.31 Å². The smallest absolute Gasteiger partial charge is 0.492 e. The van der Waals surface area contributed by atoms with E-state index in [1.807, 2.05) is 24.3 Å². The van der Waals surface area contributed by atoms with E-state index in [0.717, 1.165) is 24.4 Å². The summed E-state index contributed by atoms with van der Waals surface area (Å²) in [7, 11) is -0.331. The minimum absolute atomic E-state index is 0. The number of likely N-dealkylation sites (tertiary alicyclic amines) is 1. The number of benzene rings is 1. The minimum Gasteiger partial charge on any atom is -0.492 e. The second-order valence-electron chi connectivity index (χ2n) is 7.56. The Hall–Kier alpha value is -0.745. The summed E-state index contributed by atoms with van der Waals surface area (Å²) in [6.07, 6.45) is 2.63. The lowest BCUT2D eigenvalue weighted by atomic mass is 9.79. The molecule has 1 aromatic rings. The van der Waals surface area contributed by atoms with Crippen LogP contribution in [0.25, 0.3) is 0 Å². The molecule has 134 valence electrons. The fourth-order valence-corrected chi connectivity index (χ4v) is 3.03. The summed E-state index contributed by atoms with van der Waals surface area (Å²) < 4.78 is 18.1. The van der Waals surface area contributed by atoms with Crippen molar-refractivity contribution >= 4 is 25.0 Å². The van der Waals surface area contributed by atoms with Gasteiger partial charge in [0.15, 0.2) is 0 Å². The molecule has 2 aliphatic heterocycles. The van der Waals surface area contributed by atoms with Gasteiger partial charge in [0.25, 0.3) is 0 Å². The normalized spacial score (nSPS) is 22.4. The summed E-state index contributed by atoms with van der Waals surface area (Å²) in [5, 5.41) is 0. The summed E-state index contributed by atoms with van der Waals surface area (Å²) in [6.45, 7) is 12.4. The molecular formula is C18H29BClNO3. The number of nitrogens with zero attached hydrogens (tertiary/aromatic N) is 1. The van der Waals surface area contributed by atoms with Gasteiger partial charge in [-0.15, -0.1) is 12.4 Å². The Kier molecular flexibility index (Phi) is 6.24. The molecule has 0 amide bonds. The first kappa shape index (κ1) is 19.6. The fraction of sp³-hybridized carbons (Fsp3) is 0.667. The van der Waals surface area contributed by atoms with Gasteiger partial charge in [-0.25, -0.2) is 0 Å². The topological polar surface area (TPSA) is 30.9 Å². The standard InChI is InChI=1S/C18H28BNO3.ClH/c1-17(2)18(3,4)23-19(22-17)15-8-7-9-16(14-15)21-13-12-20-10-5-6-11-20;/h7-9,14H,5-6,10-13H2,1-4H3;1H. The van der Waals surface area contributed by atoms with Gasteiger partial charge in [-0.3, -0.25) is 4.90 Å². The van der Waals surface area contributed by atoms with Gasteiger partial charge in [0.05, 0.1) is 11.2 Å². The average Bonchev–Trinajstić information content (AvgIpc) is 3.06. The lowest BCUT2D eigenvalue weighted by Crippen LogP contribution is -2.41. The molecule has 4 nitrogen and oxygen atoms in total. The first-order valence-corrected chi connectivity index (χ1v) is 8.68. The maximum Gasteiger partial charge on any atom is 0.494 e. The van der Waals surface area contributed by atoms with Crippen molar-refractivity contribution in [2.45, 2.75) is 51.7 Å². The van der Waals surface area contributed by atoms with Crippen molar-refractivity contribution in [2.75, 3.05) is 26.2 Å². The zero-order chi connectivity index (χ0) is 16.5. The molecule has 0 spiro atoms. The summed E-state index contributed by atoms with van der Waals surface area (Å²) in [5.74, 6) is 0.886. The first-order chi connectivity index (χ1) is 10.9. The van der Waals surface area contributed by atoms with Gasteiger partial charge in [0.1, 0.15) is 12.4 Å². The van der Waals surface area contributed by atoms with Crippen LogP contribution in [0.15, 0.2) is 24.3 Å². The van der Waals surface area contributed by atoms with E-state index >= 15 is 0 Å². The van der Waals surface area contributed by atoms with Gasteiger partial charge in [0, 0.05) is 6.54 Å². The molecule has 1 aromatic carbocycles. The van der Waals surface area contributed by atoms with E-state index in [1.165, 1.54) is 25.9 Å². The van der Waals surface area contributed by atoms with Crippen LogP contribution in [0.4, 0.5) is 0 Å². The SMILES string of the molecule is CC1(C)OB(c2cccc(OCCN3CCCC3)c2)OC1(C)C.Cl. The van der Waals surface area contributed by atoms with Crippen LogP contribution in [0.5, 0.6) is 5.75 Å². The van der Waals surface area contributed by atoms with Gasteiger partial charge >= 0.3 is 7.12 Å². The first-order valence-electron chi connectivity index (χ1n) is 8.68. The van der Waals surface area contributed by atoms with E-state index in [1.54, 1.807) is 0 Å². The summed E-state index contributed by atoms with van der Waals surface area (Å²) in [4.78, 5) is 2.46. The molecule has 0 atom stereocenters. The predicted octanol–water partition coefficient (Wildman–Crippen LogP) is 2.88. The number of hydrogen-bond acceptors (Lipinski definition) is 4. The molecule has 0 unspecified atom stereocenters. The van der Waals surface area contributed by atoms with E-state index in [4.69, 9.17) is 14.0 Å². The van der Waals surface area contributed by atoms with E-state index in [-0.39, 0.29) is 30.7 Å². The molecule has 6 heteroatoms. The number of halogens is 1. The molecule has 0 saturated carbocycles. The van der Waals surface area contributed by atoms with E-state index in [0.29, 0.717) is 0 Å². The second-order valence-corrected chi connectivity index (χ2v) is 7.56. The molecule has 2 heterocycles. The minimum atomic E-state index is -0.331. The number of hydrogen-bond donors (Lipinski definition) is 0. The highest BCUT2D eigenvalue weighted by atomic mass is 35.5. The quantitative estimate of drug-likeness (QED) is 0.762. The Labute approximate surface area is 152 Å². The molecule has 0 aliphatic carbocycles. The largest absolute Gasteiger partial charge is 0.494 e. The third kappa shape index (κ3) is 4.26. The van der Waals surface area contributed by atoms with Crippen LogP contribution in [0, 0.1) is 0 Å². The zero-order valence-corrected chi connectivity index (χ0v) is 16.0. The second kappa shape index (κ2) is 7.65. The van der Waals surface area contributed by atoms with Gasteiger partial charge in [-0.2, -0.15) is 0 Å². The third-order valence-electron chi connectivity index (χ3n) is 5.26. The average molecular weight is 354 g/mol. The van der Waals surface area contributed by atoms with Crippen molar-refractivity contribution in [3.63, 3.8) is 0 Å². The Balaban J connectivity index is 0.00000208. The van der Waals surface area contributed by atoms with Crippen molar-refractivity contribution < 1.29 is 14.0 Å². The molecule has 0 bridgehead atoms. The summed E-state index contributed by atoms with van der Waals surface area (Å²) >= 11 is 0. The molecule has 2 aliphatic rings. The van der Waals surface area contributed by atoms with Gasteiger partial charge in [0.2, 0.25) is 0 Å². The molecular weight excluding hydrogens is 324 g/mol. The van der Waals surface area contributed by atoms with E-state index < -0.39 is 0 Å². The highest BCUT2D eigenvalue weighted by Crippen LogP contribution is 2.36. The number of ether oxygens (including phenoxy) is 1. The van der Waals surface area contributed by atoms with Crippen LogP contribution in [-0.4, -0.2) is 49.5 Å².